The fraction of sp³-hybridized carbons (Fsp3) is 0.688. The van der Waals surface area contributed by atoms with E-state index in [0.717, 1.165) is 25.7 Å². The minimum Gasteiger partial charge on any atom is -0.466 e. The predicted octanol–water partition coefficient (Wildman–Crippen LogP) is 1.80. The molecule has 5 heteroatoms. The molecule has 1 N–H and O–H groups in total. The average molecular weight is 291 g/mol. The van der Waals surface area contributed by atoms with Gasteiger partial charge in [0.2, 0.25) is 0 Å². The number of aliphatic hydroxyl groups is 1. The van der Waals surface area contributed by atoms with Gasteiger partial charge in [-0.2, -0.15) is 0 Å². The van der Waals surface area contributed by atoms with Crippen molar-refractivity contribution >= 4 is 5.91 Å². The predicted molar refractivity (Wildman–Crippen MR) is 74.5 cm³/mol. The summed E-state index contributed by atoms with van der Waals surface area (Å²) in [6.07, 6.45) is 6.19. The maximum absolute atomic E-state index is 12.7. The highest BCUT2D eigenvalue weighted by molar-refractivity contribution is 5.82. The summed E-state index contributed by atoms with van der Waals surface area (Å²) in [7, 11) is 0. The van der Waals surface area contributed by atoms with Gasteiger partial charge in [0.1, 0.15) is 17.5 Å². The Balaban J connectivity index is 1.55. The van der Waals surface area contributed by atoms with Gasteiger partial charge in [0.25, 0.3) is 5.91 Å². The number of rotatable bonds is 2. The zero-order valence-electron chi connectivity index (χ0n) is 12.0. The molecule has 0 aliphatic carbocycles. The summed E-state index contributed by atoms with van der Waals surface area (Å²) in [5.41, 5.74) is -0.928. The van der Waals surface area contributed by atoms with Crippen molar-refractivity contribution in [1.82, 2.24) is 4.90 Å². The van der Waals surface area contributed by atoms with Crippen LogP contribution in [0, 0.1) is 0 Å². The quantitative estimate of drug-likeness (QED) is 0.902. The van der Waals surface area contributed by atoms with Crippen LogP contribution < -0.4 is 0 Å². The van der Waals surface area contributed by atoms with Crippen LogP contribution >= 0.6 is 0 Å². The average Bonchev–Trinajstić information content (AvgIpc) is 3.18. The molecule has 5 nitrogen and oxygen atoms in total. The van der Waals surface area contributed by atoms with E-state index >= 15 is 0 Å². The Hall–Kier alpha value is -1.33. The highest BCUT2D eigenvalue weighted by Crippen LogP contribution is 2.46. The second-order valence-electron chi connectivity index (χ2n) is 6.55. The SMILES string of the molecule is O=C([C@@H]1CCCO1)N1[C@@H]2CC[C@H]1CC(O)(c1ccco1)C2. The molecule has 1 aromatic heterocycles. The van der Waals surface area contributed by atoms with E-state index in [0.29, 0.717) is 25.2 Å². The lowest BCUT2D eigenvalue weighted by Crippen LogP contribution is -2.54. The summed E-state index contributed by atoms with van der Waals surface area (Å²) >= 11 is 0. The van der Waals surface area contributed by atoms with Crippen LogP contribution in [0.2, 0.25) is 0 Å². The zero-order valence-corrected chi connectivity index (χ0v) is 12.0. The third kappa shape index (κ3) is 2.10. The van der Waals surface area contributed by atoms with E-state index in [4.69, 9.17) is 9.15 Å². The molecule has 0 spiro atoms. The van der Waals surface area contributed by atoms with Gasteiger partial charge in [-0.05, 0) is 37.8 Å². The Bertz CT molecular complexity index is 506. The zero-order chi connectivity index (χ0) is 14.4. The molecule has 0 saturated carbocycles. The Labute approximate surface area is 123 Å². The first-order chi connectivity index (χ1) is 10.2. The third-order valence-electron chi connectivity index (χ3n) is 5.21. The van der Waals surface area contributed by atoms with Crippen LogP contribution in [-0.4, -0.2) is 40.7 Å². The molecular weight excluding hydrogens is 270 g/mol. The number of piperidine rings is 1. The topological polar surface area (TPSA) is 62.9 Å². The van der Waals surface area contributed by atoms with E-state index in [1.165, 1.54) is 0 Å². The molecule has 4 atom stereocenters. The second kappa shape index (κ2) is 4.85. The number of fused-ring (bicyclic) bond motifs is 2. The summed E-state index contributed by atoms with van der Waals surface area (Å²) in [4.78, 5) is 14.6. The van der Waals surface area contributed by atoms with Gasteiger partial charge in [-0.3, -0.25) is 4.79 Å². The molecule has 3 saturated heterocycles. The van der Waals surface area contributed by atoms with Crippen molar-refractivity contribution in [3.8, 4) is 0 Å². The highest BCUT2D eigenvalue weighted by atomic mass is 16.5. The Kier molecular flexibility index (Phi) is 3.08. The largest absolute Gasteiger partial charge is 0.466 e. The summed E-state index contributed by atoms with van der Waals surface area (Å²) in [6, 6.07) is 3.85. The maximum Gasteiger partial charge on any atom is 0.252 e. The van der Waals surface area contributed by atoms with E-state index in [9.17, 15) is 9.90 Å². The minimum atomic E-state index is -0.928. The molecule has 1 unspecified atom stereocenters. The van der Waals surface area contributed by atoms with Gasteiger partial charge >= 0.3 is 0 Å². The van der Waals surface area contributed by atoms with Crippen LogP contribution in [0.15, 0.2) is 22.8 Å². The van der Waals surface area contributed by atoms with Crippen molar-refractivity contribution in [2.75, 3.05) is 6.61 Å². The second-order valence-corrected chi connectivity index (χ2v) is 6.55. The summed E-state index contributed by atoms with van der Waals surface area (Å²) < 4.78 is 11.0. The number of furan rings is 1. The van der Waals surface area contributed by atoms with Crippen LogP contribution in [0.3, 0.4) is 0 Å². The molecule has 4 heterocycles. The standard InChI is InChI=1S/C16H21NO4/c18-15(13-3-1-7-20-13)17-11-5-6-12(17)10-16(19,9-11)14-4-2-8-21-14/h2,4,8,11-13,19H,1,3,5-7,9-10H2/t11-,12+,13-,16?/m0/s1. The van der Waals surface area contributed by atoms with E-state index in [1.807, 2.05) is 11.0 Å². The number of hydrogen-bond donors (Lipinski definition) is 1. The summed E-state index contributed by atoms with van der Waals surface area (Å²) in [6.45, 7) is 0.690. The smallest absolute Gasteiger partial charge is 0.252 e. The molecular formula is C16H21NO4. The van der Waals surface area contributed by atoms with Gasteiger partial charge in [-0.25, -0.2) is 0 Å². The number of carbonyl (C=O) groups excluding carboxylic acids is 1. The lowest BCUT2D eigenvalue weighted by atomic mass is 9.84. The van der Waals surface area contributed by atoms with Crippen molar-refractivity contribution in [2.45, 2.75) is 62.3 Å². The Morgan fingerprint density at radius 3 is 2.62 bits per heavy atom. The van der Waals surface area contributed by atoms with Crippen LogP contribution in [0.4, 0.5) is 0 Å². The van der Waals surface area contributed by atoms with E-state index in [-0.39, 0.29) is 24.1 Å². The molecule has 3 aliphatic rings. The van der Waals surface area contributed by atoms with Crippen molar-refractivity contribution in [1.29, 1.82) is 0 Å². The third-order valence-corrected chi connectivity index (χ3v) is 5.21. The molecule has 0 radical (unpaired) electrons. The maximum atomic E-state index is 12.7. The number of ether oxygens (including phenoxy) is 1. The lowest BCUT2D eigenvalue weighted by molar-refractivity contribution is -0.152. The van der Waals surface area contributed by atoms with Gasteiger partial charge < -0.3 is 19.2 Å². The fourth-order valence-corrected chi connectivity index (χ4v) is 4.27. The first kappa shape index (κ1) is 13.3. The molecule has 21 heavy (non-hydrogen) atoms. The van der Waals surface area contributed by atoms with Crippen molar-refractivity contribution < 1.29 is 19.1 Å². The molecule has 3 aliphatic heterocycles. The number of amides is 1. The molecule has 0 aromatic carbocycles. The van der Waals surface area contributed by atoms with Crippen molar-refractivity contribution in [3.05, 3.63) is 24.2 Å². The molecule has 2 bridgehead atoms. The van der Waals surface area contributed by atoms with Gasteiger partial charge in [-0.15, -0.1) is 0 Å². The van der Waals surface area contributed by atoms with Gasteiger partial charge in [-0.1, -0.05) is 0 Å². The van der Waals surface area contributed by atoms with E-state index in [1.54, 1.807) is 12.3 Å². The van der Waals surface area contributed by atoms with Crippen LogP contribution in [0.1, 0.15) is 44.3 Å². The van der Waals surface area contributed by atoms with E-state index in [2.05, 4.69) is 0 Å². The molecule has 1 amide bonds. The van der Waals surface area contributed by atoms with Crippen LogP contribution in [0.25, 0.3) is 0 Å². The normalized spacial score (nSPS) is 38.9. The van der Waals surface area contributed by atoms with Crippen LogP contribution in [-0.2, 0) is 15.1 Å². The molecule has 114 valence electrons. The fourth-order valence-electron chi connectivity index (χ4n) is 4.27. The molecule has 1 aromatic rings. The van der Waals surface area contributed by atoms with Gasteiger partial charge in [0, 0.05) is 31.5 Å². The highest BCUT2D eigenvalue weighted by Gasteiger charge is 2.52. The monoisotopic (exact) mass is 291 g/mol. The lowest BCUT2D eigenvalue weighted by Gasteiger charge is -2.43. The van der Waals surface area contributed by atoms with Gasteiger partial charge in [0.05, 0.1) is 6.26 Å². The first-order valence-corrected chi connectivity index (χ1v) is 7.87. The summed E-state index contributed by atoms with van der Waals surface area (Å²) in [5.74, 6) is 0.755. The number of hydrogen-bond acceptors (Lipinski definition) is 4. The number of carbonyl (C=O) groups is 1. The summed E-state index contributed by atoms with van der Waals surface area (Å²) in [5, 5.41) is 10.9. The van der Waals surface area contributed by atoms with Crippen molar-refractivity contribution in [2.24, 2.45) is 0 Å². The minimum absolute atomic E-state index is 0.107. The van der Waals surface area contributed by atoms with Gasteiger partial charge in [0.15, 0.2) is 0 Å². The van der Waals surface area contributed by atoms with Crippen molar-refractivity contribution in [3.63, 3.8) is 0 Å². The Morgan fingerprint density at radius 1 is 1.29 bits per heavy atom. The Morgan fingerprint density at radius 2 is 2.05 bits per heavy atom. The molecule has 3 fully saturated rings. The first-order valence-electron chi connectivity index (χ1n) is 7.87. The molecule has 4 rings (SSSR count). The van der Waals surface area contributed by atoms with Crippen LogP contribution in [0.5, 0.6) is 0 Å². The van der Waals surface area contributed by atoms with E-state index < -0.39 is 5.60 Å². The number of nitrogens with zero attached hydrogens (tertiary/aromatic N) is 1.